The molecule has 0 aliphatic heterocycles. The minimum absolute atomic E-state index is 0. The molecule has 2 N–H and O–H groups in total. The lowest BCUT2D eigenvalue weighted by molar-refractivity contribution is 0.592. The van der Waals surface area contributed by atoms with Gasteiger partial charge in [-0.05, 0) is 36.8 Å². The van der Waals surface area contributed by atoms with E-state index < -0.39 is 0 Å². The first-order valence-electron chi connectivity index (χ1n) is 7.05. The number of rotatable bonds is 5. The van der Waals surface area contributed by atoms with Crippen molar-refractivity contribution in [3.05, 3.63) is 64.7 Å². The standard InChI is InChI=1S/C16H18ClFN4.HI/c1-2-19-16(21-10-12-5-7-13(17)8-6-12)22-11-15-14(18)4-3-9-20-15;/h3-9H,2,10-11H2,1H3,(H2,19,21,22);1H. The van der Waals surface area contributed by atoms with E-state index in [-0.39, 0.29) is 36.3 Å². The highest BCUT2D eigenvalue weighted by Crippen LogP contribution is 2.10. The highest BCUT2D eigenvalue weighted by molar-refractivity contribution is 14.0. The van der Waals surface area contributed by atoms with E-state index in [9.17, 15) is 4.39 Å². The topological polar surface area (TPSA) is 49.3 Å². The van der Waals surface area contributed by atoms with Gasteiger partial charge in [-0.3, -0.25) is 4.98 Å². The highest BCUT2D eigenvalue weighted by atomic mass is 127. The number of hydrogen-bond acceptors (Lipinski definition) is 2. The molecule has 4 nitrogen and oxygen atoms in total. The summed E-state index contributed by atoms with van der Waals surface area (Å²) in [6, 6.07) is 10.5. The Kier molecular flexibility index (Phi) is 8.86. The van der Waals surface area contributed by atoms with Crippen molar-refractivity contribution >= 4 is 41.5 Å². The molecule has 0 aliphatic carbocycles. The lowest BCUT2D eigenvalue weighted by atomic mass is 10.2. The molecule has 0 atom stereocenters. The van der Waals surface area contributed by atoms with Crippen molar-refractivity contribution < 1.29 is 4.39 Å². The third kappa shape index (κ3) is 6.70. The maximum atomic E-state index is 13.5. The smallest absolute Gasteiger partial charge is 0.191 e. The third-order valence-corrected chi connectivity index (χ3v) is 3.19. The summed E-state index contributed by atoms with van der Waals surface area (Å²) in [6.07, 6.45) is 1.57. The predicted octanol–water partition coefficient (Wildman–Crippen LogP) is 3.75. The van der Waals surface area contributed by atoms with Gasteiger partial charge in [-0.15, -0.1) is 24.0 Å². The van der Waals surface area contributed by atoms with Gasteiger partial charge < -0.3 is 10.6 Å². The van der Waals surface area contributed by atoms with E-state index in [0.29, 0.717) is 23.2 Å². The second-order valence-electron chi connectivity index (χ2n) is 4.61. The fraction of sp³-hybridized carbons (Fsp3) is 0.250. The molecule has 0 aliphatic rings. The number of aromatic nitrogens is 1. The number of benzene rings is 1. The Hall–Kier alpha value is -1.41. The van der Waals surface area contributed by atoms with Crippen LogP contribution >= 0.6 is 35.6 Å². The number of nitrogens with zero attached hydrogens (tertiary/aromatic N) is 2. The lowest BCUT2D eigenvalue weighted by Crippen LogP contribution is -2.37. The molecule has 0 spiro atoms. The first kappa shape index (κ1) is 19.6. The number of nitrogens with one attached hydrogen (secondary N) is 2. The van der Waals surface area contributed by atoms with Crippen LogP contribution in [-0.4, -0.2) is 17.5 Å². The number of guanidine groups is 1. The van der Waals surface area contributed by atoms with Gasteiger partial charge in [0.15, 0.2) is 5.96 Å². The van der Waals surface area contributed by atoms with Gasteiger partial charge in [0.1, 0.15) is 5.82 Å². The van der Waals surface area contributed by atoms with Crippen molar-refractivity contribution in [1.29, 1.82) is 0 Å². The second kappa shape index (κ2) is 10.4. The molecule has 1 aromatic carbocycles. The summed E-state index contributed by atoms with van der Waals surface area (Å²) in [5.74, 6) is 0.283. The molecule has 124 valence electrons. The van der Waals surface area contributed by atoms with Crippen LogP contribution in [0.15, 0.2) is 47.6 Å². The predicted molar refractivity (Wildman–Crippen MR) is 103 cm³/mol. The Morgan fingerprint density at radius 3 is 2.61 bits per heavy atom. The maximum absolute atomic E-state index is 13.5. The van der Waals surface area contributed by atoms with Gasteiger partial charge in [0.2, 0.25) is 0 Å². The maximum Gasteiger partial charge on any atom is 0.191 e. The molecule has 0 saturated heterocycles. The van der Waals surface area contributed by atoms with Gasteiger partial charge in [-0.25, -0.2) is 9.38 Å². The van der Waals surface area contributed by atoms with Crippen LogP contribution in [0.2, 0.25) is 5.02 Å². The SMILES string of the molecule is CCNC(=NCc1ccc(Cl)cc1)NCc1ncccc1F.I. The Morgan fingerprint density at radius 1 is 1.22 bits per heavy atom. The summed E-state index contributed by atoms with van der Waals surface area (Å²) in [6.45, 7) is 3.48. The number of pyridine rings is 1. The minimum Gasteiger partial charge on any atom is -0.357 e. The Bertz CT molecular complexity index is 634. The first-order chi connectivity index (χ1) is 10.7. The molecule has 1 aromatic heterocycles. The molecule has 2 rings (SSSR count). The van der Waals surface area contributed by atoms with E-state index in [2.05, 4.69) is 20.6 Å². The molecular formula is C16H19ClFIN4. The minimum atomic E-state index is -0.330. The molecule has 23 heavy (non-hydrogen) atoms. The van der Waals surface area contributed by atoms with Gasteiger partial charge in [-0.1, -0.05) is 23.7 Å². The van der Waals surface area contributed by atoms with Crippen molar-refractivity contribution in [2.45, 2.75) is 20.0 Å². The average Bonchev–Trinajstić information content (AvgIpc) is 2.53. The van der Waals surface area contributed by atoms with Crippen LogP contribution < -0.4 is 10.6 Å². The van der Waals surface area contributed by atoms with Gasteiger partial charge >= 0.3 is 0 Å². The fourth-order valence-electron chi connectivity index (χ4n) is 1.82. The molecule has 1 heterocycles. The Balaban J connectivity index is 0.00000264. The van der Waals surface area contributed by atoms with E-state index in [0.717, 1.165) is 12.1 Å². The summed E-state index contributed by atoms with van der Waals surface area (Å²) in [5.41, 5.74) is 1.41. The van der Waals surface area contributed by atoms with Crippen molar-refractivity contribution in [3.8, 4) is 0 Å². The van der Waals surface area contributed by atoms with Gasteiger partial charge in [0.05, 0.1) is 18.8 Å². The first-order valence-corrected chi connectivity index (χ1v) is 7.43. The molecule has 0 unspecified atom stereocenters. The normalized spacial score (nSPS) is 10.8. The number of halogens is 3. The van der Waals surface area contributed by atoms with Crippen LogP contribution in [0.5, 0.6) is 0 Å². The van der Waals surface area contributed by atoms with Gasteiger partial charge in [0, 0.05) is 17.8 Å². The van der Waals surface area contributed by atoms with Crippen molar-refractivity contribution in [1.82, 2.24) is 15.6 Å². The largest absolute Gasteiger partial charge is 0.357 e. The Labute approximate surface area is 157 Å². The molecule has 2 aromatic rings. The molecule has 0 saturated carbocycles. The molecule has 0 amide bonds. The van der Waals surface area contributed by atoms with Crippen molar-refractivity contribution in [2.24, 2.45) is 4.99 Å². The van der Waals surface area contributed by atoms with E-state index in [1.54, 1.807) is 12.3 Å². The van der Waals surface area contributed by atoms with Crippen molar-refractivity contribution in [2.75, 3.05) is 6.54 Å². The molecule has 0 radical (unpaired) electrons. The highest BCUT2D eigenvalue weighted by Gasteiger charge is 2.04. The van der Waals surface area contributed by atoms with Crippen LogP contribution in [0.1, 0.15) is 18.2 Å². The zero-order chi connectivity index (χ0) is 15.8. The van der Waals surface area contributed by atoms with E-state index in [4.69, 9.17) is 11.6 Å². The molecule has 0 bridgehead atoms. The summed E-state index contributed by atoms with van der Waals surface area (Å²) in [5, 5.41) is 6.88. The third-order valence-electron chi connectivity index (χ3n) is 2.94. The monoisotopic (exact) mass is 448 g/mol. The number of hydrogen-bond donors (Lipinski definition) is 2. The molecule has 7 heteroatoms. The van der Waals surface area contributed by atoms with Crippen LogP contribution in [0, 0.1) is 5.82 Å². The van der Waals surface area contributed by atoms with Gasteiger partial charge in [0.25, 0.3) is 0 Å². The van der Waals surface area contributed by atoms with Crippen LogP contribution in [0.3, 0.4) is 0 Å². The average molecular weight is 449 g/mol. The van der Waals surface area contributed by atoms with Crippen molar-refractivity contribution in [3.63, 3.8) is 0 Å². The van der Waals surface area contributed by atoms with Crippen LogP contribution in [0.4, 0.5) is 4.39 Å². The van der Waals surface area contributed by atoms with Crippen LogP contribution in [0.25, 0.3) is 0 Å². The summed E-state index contributed by atoms with van der Waals surface area (Å²) in [4.78, 5) is 8.46. The fourth-order valence-corrected chi connectivity index (χ4v) is 1.94. The zero-order valence-electron chi connectivity index (χ0n) is 12.7. The zero-order valence-corrected chi connectivity index (χ0v) is 15.8. The molecule has 0 fully saturated rings. The molecular weight excluding hydrogens is 430 g/mol. The lowest BCUT2D eigenvalue weighted by Gasteiger charge is -2.11. The summed E-state index contributed by atoms with van der Waals surface area (Å²) in [7, 11) is 0. The van der Waals surface area contributed by atoms with Gasteiger partial charge in [-0.2, -0.15) is 0 Å². The Morgan fingerprint density at radius 2 is 1.96 bits per heavy atom. The van der Waals surface area contributed by atoms with E-state index in [1.165, 1.54) is 6.07 Å². The van der Waals surface area contributed by atoms with E-state index >= 15 is 0 Å². The summed E-state index contributed by atoms with van der Waals surface area (Å²) < 4.78 is 13.5. The van der Waals surface area contributed by atoms with Crippen LogP contribution in [-0.2, 0) is 13.1 Å². The van der Waals surface area contributed by atoms with E-state index in [1.807, 2.05) is 31.2 Å². The second-order valence-corrected chi connectivity index (χ2v) is 5.04. The summed E-state index contributed by atoms with van der Waals surface area (Å²) >= 11 is 5.85. The number of aliphatic imine (C=N–C) groups is 1. The quantitative estimate of drug-likeness (QED) is 0.416.